The molecule has 0 heterocycles. The van der Waals surface area contributed by atoms with E-state index in [0.29, 0.717) is 0 Å². The van der Waals surface area contributed by atoms with Crippen LogP contribution in [0.5, 0.6) is 11.5 Å². The second-order valence-electron chi connectivity index (χ2n) is 7.83. The molecule has 0 bridgehead atoms. The van der Waals surface area contributed by atoms with Gasteiger partial charge in [-0.15, -0.1) is 0 Å². The predicted octanol–water partition coefficient (Wildman–Crippen LogP) is 7.59. The van der Waals surface area contributed by atoms with Crippen molar-refractivity contribution < 1.29 is 9.47 Å². The second kappa shape index (κ2) is 9.92. The Morgan fingerprint density at radius 3 is 1.06 bits per heavy atom. The van der Waals surface area contributed by atoms with Crippen LogP contribution in [0.3, 0.4) is 0 Å². The highest BCUT2D eigenvalue weighted by atomic mass is 16.7. The van der Waals surface area contributed by atoms with E-state index in [1.165, 1.54) is 11.1 Å². The van der Waals surface area contributed by atoms with Crippen molar-refractivity contribution in [2.75, 3.05) is 10.6 Å². The van der Waals surface area contributed by atoms with E-state index in [4.69, 9.17) is 9.47 Å². The fourth-order valence-electron chi connectivity index (χ4n) is 3.25. The Hall–Kier alpha value is -3.92. The third kappa shape index (κ3) is 6.05. The van der Waals surface area contributed by atoms with Crippen molar-refractivity contribution in [2.24, 2.45) is 0 Å². The van der Waals surface area contributed by atoms with Crippen LogP contribution in [0.1, 0.15) is 18.1 Å². The van der Waals surface area contributed by atoms with Crippen LogP contribution in [0, 0.1) is 13.8 Å². The molecule has 0 aliphatic rings. The average molecular weight is 425 g/mol. The van der Waals surface area contributed by atoms with E-state index in [1.54, 1.807) is 0 Å². The van der Waals surface area contributed by atoms with E-state index in [9.17, 15) is 0 Å². The van der Waals surface area contributed by atoms with Crippen LogP contribution in [-0.2, 0) is 0 Å². The SMILES string of the molecule is Cc1ccc(Nc2ccc(OC(C)Oc3ccc(Nc4ccc(C)cc4)cc3)cc2)cc1. The van der Waals surface area contributed by atoms with Gasteiger partial charge in [-0.3, -0.25) is 0 Å². The summed E-state index contributed by atoms with van der Waals surface area (Å²) >= 11 is 0. The molecule has 4 aromatic rings. The third-order valence-electron chi connectivity index (χ3n) is 4.99. The minimum absolute atomic E-state index is 0.415. The van der Waals surface area contributed by atoms with Crippen LogP contribution < -0.4 is 20.1 Å². The summed E-state index contributed by atoms with van der Waals surface area (Å²) in [6, 6.07) is 32.3. The highest BCUT2D eigenvalue weighted by Crippen LogP contribution is 2.24. The van der Waals surface area contributed by atoms with Gasteiger partial charge < -0.3 is 20.1 Å². The van der Waals surface area contributed by atoms with Crippen molar-refractivity contribution in [1.29, 1.82) is 0 Å². The number of benzene rings is 4. The second-order valence-corrected chi connectivity index (χ2v) is 7.83. The first kappa shape index (κ1) is 21.3. The molecule has 2 N–H and O–H groups in total. The summed E-state index contributed by atoms with van der Waals surface area (Å²) < 4.78 is 11.8. The van der Waals surface area contributed by atoms with Gasteiger partial charge in [-0.2, -0.15) is 0 Å². The monoisotopic (exact) mass is 424 g/mol. The Morgan fingerprint density at radius 2 is 0.750 bits per heavy atom. The third-order valence-corrected chi connectivity index (χ3v) is 4.99. The zero-order chi connectivity index (χ0) is 22.3. The Morgan fingerprint density at radius 1 is 0.469 bits per heavy atom. The van der Waals surface area contributed by atoms with E-state index in [0.717, 1.165) is 34.2 Å². The molecule has 4 heteroatoms. The first-order valence-electron chi connectivity index (χ1n) is 10.7. The van der Waals surface area contributed by atoms with E-state index >= 15 is 0 Å². The van der Waals surface area contributed by atoms with Gasteiger partial charge in [0.2, 0.25) is 6.29 Å². The molecule has 32 heavy (non-hydrogen) atoms. The lowest BCUT2D eigenvalue weighted by Crippen LogP contribution is -2.19. The van der Waals surface area contributed by atoms with Crippen molar-refractivity contribution >= 4 is 22.7 Å². The predicted molar refractivity (Wildman–Crippen MR) is 133 cm³/mol. The van der Waals surface area contributed by atoms with E-state index in [1.807, 2.05) is 55.5 Å². The Balaban J connectivity index is 1.28. The van der Waals surface area contributed by atoms with E-state index < -0.39 is 6.29 Å². The summed E-state index contributed by atoms with van der Waals surface area (Å²) in [7, 11) is 0. The largest absolute Gasteiger partial charge is 0.455 e. The van der Waals surface area contributed by atoms with Crippen molar-refractivity contribution in [3.63, 3.8) is 0 Å². The van der Waals surface area contributed by atoms with Gasteiger partial charge in [0, 0.05) is 29.7 Å². The summed E-state index contributed by atoms with van der Waals surface area (Å²) in [6.45, 7) is 6.04. The maximum absolute atomic E-state index is 5.91. The minimum atomic E-state index is -0.415. The number of anilines is 4. The van der Waals surface area contributed by atoms with Crippen LogP contribution in [0.15, 0.2) is 97.1 Å². The van der Waals surface area contributed by atoms with Gasteiger partial charge in [0.05, 0.1) is 0 Å². The molecule has 4 nitrogen and oxygen atoms in total. The molecule has 0 aliphatic heterocycles. The lowest BCUT2D eigenvalue weighted by Gasteiger charge is -2.17. The van der Waals surface area contributed by atoms with E-state index in [2.05, 4.69) is 73.0 Å². The number of aryl methyl sites for hydroxylation is 2. The zero-order valence-electron chi connectivity index (χ0n) is 18.6. The molecule has 0 fully saturated rings. The molecule has 0 radical (unpaired) electrons. The number of hydrogen-bond acceptors (Lipinski definition) is 4. The normalized spacial score (nSPS) is 10.6. The van der Waals surface area contributed by atoms with Gasteiger partial charge in [0.15, 0.2) is 0 Å². The Kier molecular flexibility index (Phi) is 6.61. The lowest BCUT2D eigenvalue weighted by atomic mass is 10.2. The number of rotatable bonds is 8. The number of hydrogen-bond donors (Lipinski definition) is 2. The summed E-state index contributed by atoms with van der Waals surface area (Å²) in [5.41, 5.74) is 6.61. The van der Waals surface area contributed by atoms with Crippen molar-refractivity contribution in [2.45, 2.75) is 27.1 Å². The molecule has 0 unspecified atom stereocenters. The Bertz CT molecular complexity index is 1030. The van der Waals surface area contributed by atoms with Gasteiger partial charge in [-0.1, -0.05) is 35.4 Å². The van der Waals surface area contributed by atoms with Crippen molar-refractivity contribution in [3.05, 3.63) is 108 Å². The first-order valence-corrected chi connectivity index (χ1v) is 10.7. The Labute approximate surface area is 189 Å². The smallest absolute Gasteiger partial charge is 0.238 e. The van der Waals surface area contributed by atoms with Gasteiger partial charge in [0.25, 0.3) is 0 Å². The summed E-state index contributed by atoms with van der Waals surface area (Å²) in [5.74, 6) is 1.51. The molecule has 0 saturated carbocycles. The van der Waals surface area contributed by atoms with Crippen LogP contribution in [-0.4, -0.2) is 6.29 Å². The van der Waals surface area contributed by atoms with Crippen molar-refractivity contribution in [3.8, 4) is 11.5 Å². The molecule has 0 aliphatic carbocycles. The molecule has 0 aromatic heterocycles. The molecular formula is C28H28N2O2. The molecule has 4 aromatic carbocycles. The number of ether oxygens (including phenoxy) is 2. The van der Waals surface area contributed by atoms with Crippen LogP contribution in [0.2, 0.25) is 0 Å². The summed E-state index contributed by atoms with van der Waals surface area (Å²) in [4.78, 5) is 0. The lowest BCUT2D eigenvalue weighted by molar-refractivity contribution is 0.0223. The topological polar surface area (TPSA) is 42.5 Å². The van der Waals surface area contributed by atoms with Gasteiger partial charge in [-0.25, -0.2) is 0 Å². The maximum atomic E-state index is 5.91. The van der Waals surface area contributed by atoms with Crippen LogP contribution >= 0.6 is 0 Å². The van der Waals surface area contributed by atoms with Gasteiger partial charge in [-0.05, 0) is 86.6 Å². The summed E-state index contributed by atoms with van der Waals surface area (Å²) in [5, 5.41) is 6.77. The molecule has 162 valence electrons. The summed E-state index contributed by atoms with van der Waals surface area (Å²) in [6.07, 6.45) is -0.415. The fourth-order valence-corrected chi connectivity index (χ4v) is 3.25. The quantitative estimate of drug-likeness (QED) is 0.286. The van der Waals surface area contributed by atoms with Gasteiger partial charge in [0.1, 0.15) is 11.5 Å². The molecule has 0 spiro atoms. The van der Waals surface area contributed by atoms with Crippen LogP contribution in [0.4, 0.5) is 22.7 Å². The van der Waals surface area contributed by atoms with E-state index in [-0.39, 0.29) is 0 Å². The van der Waals surface area contributed by atoms with Gasteiger partial charge >= 0.3 is 0 Å². The fraction of sp³-hybridized carbons (Fsp3) is 0.143. The maximum Gasteiger partial charge on any atom is 0.238 e. The van der Waals surface area contributed by atoms with Crippen molar-refractivity contribution in [1.82, 2.24) is 0 Å². The van der Waals surface area contributed by atoms with Crippen LogP contribution in [0.25, 0.3) is 0 Å². The molecule has 4 rings (SSSR count). The molecule has 0 saturated heterocycles. The highest BCUT2D eigenvalue weighted by molar-refractivity contribution is 5.61. The molecule has 0 atom stereocenters. The average Bonchev–Trinajstić information content (AvgIpc) is 2.79. The zero-order valence-corrected chi connectivity index (χ0v) is 18.6. The minimum Gasteiger partial charge on any atom is -0.455 e. The first-order chi connectivity index (χ1) is 15.5. The highest BCUT2D eigenvalue weighted by Gasteiger charge is 2.06. The number of nitrogens with one attached hydrogen (secondary N) is 2. The molecule has 0 amide bonds. The molecular weight excluding hydrogens is 396 g/mol. The standard InChI is InChI=1S/C28H28N2O2/c1-20-4-8-23(9-5-20)29-25-12-16-27(17-13-25)31-22(3)32-28-18-14-26(15-19-28)30-24-10-6-21(2)7-11-24/h4-19,22,29-30H,1-3H3.